The van der Waals surface area contributed by atoms with Crippen molar-refractivity contribution < 1.29 is 49.1 Å². The Balaban J connectivity index is 1.05. The van der Waals surface area contributed by atoms with Crippen molar-refractivity contribution in [2.45, 2.75) is 138 Å². The molecule has 73 heavy (non-hydrogen) atoms. The molecule has 0 aromatic heterocycles. The van der Waals surface area contributed by atoms with E-state index in [2.05, 4.69) is 34.6 Å². The maximum atomic E-state index is 13.0. The number of carboxylic acids is 4. The minimum absolute atomic E-state index is 0.00816. The zero-order valence-corrected chi connectivity index (χ0v) is 44.4. The van der Waals surface area contributed by atoms with Crippen molar-refractivity contribution in [1.29, 1.82) is 0 Å². The molecule has 9 atom stereocenters. The van der Waals surface area contributed by atoms with E-state index in [0.29, 0.717) is 56.9 Å². The number of carboxylic acid groups (broad SMARTS) is 4. The molecule has 4 aliphatic rings. The Morgan fingerprint density at radius 2 is 1.16 bits per heavy atom. The quantitative estimate of drug-likeness (QED) is 0.0669. The molecular formula is C61H72Cl2O10. The first-order valence-corrected chi connectivity index (χ1v) is 27.3. The third kappa shape index (κ3) is 11.4. The van der Waals surface area contributed by atoms with Gasteiger partial charge in [0.15, 0.2) is 11.5 Å². The topological polar surface area (TPSA) is 168 Å². The van der Waals surface area contributed by atoms with Crippen LogP contribution >= 0.6 is 23.2 Å². The fourth-order valence-corrected chi connectivity index (χ4v) is 15.2. The maximum Gasteiger partial charge on any atom is 0.339 e. The van der Waals surface area contributed by atoms with Gasteiger partial charge in [-0.15, -0.1) is 0 Å². The summed E-state index contributed by atoms with van der Waals surface area (Å²) in [6, 6.07) is 18.5. The molecule has 0 aliphatic heterocycles. The molecule has 0 radical (unpaired) electrons. The second-order valence-electron chi connectivity index (χ2n) is 22.8. The molecule has 8 rings (SSSR count). The van der Waals surface area contributed by atoms with Gasteiger partial charge < -0.3 is 29.9 Å². The summed E-state index contributed by atoms with van der Waals surface area (Å²) in [4.78, 5) is 49.8. The molecule has 4 N–H and O–H groups in total. The molecular weight excluding hydrogens is 964 g/mol. The van der Waals surface area contributed by atoms with E-state index in [-0.39, 0.29) is 57.0 Å². The normalized spacial score (nSPS) is 25.7. The summed E-state index contributed by atoms with van der Waals surface area (Å²) in [5, 5.41) is 40.6. The highest BCUT2D eigenvalue weighted by Crippen LogP contribution is 2.69. The number of fused-ring (bicyclic) bond motifs is 5. The summed E-state index contributed by atoms with van der Waals surface area (Å²) in [5.41, 5.74) is 2.20. The summed E-state index contributed by atoms with van der Waals surface area (Å²) in [5.74, 6) is 0.679. The lowest BCUT2D eigenvalue weighted by Crippen LogP contribution is -2.53. The molecule has 0 heterocycles. The van der Waals surface area contributed by atoms with Crippen molar-refractivity contribution in [2.24, 2.45) is 58.2 Å². The zero-order valence-electron chi connectivity index (χ0n) is 42.9. The first-order chi connectivity index (χ1) is 34.8. The van der Waals surface area contributed by atoms with Crippen LogP contribution in [0.1, 0.15) is 188 Å². The monoisotopic (exact) mass is 1030 g/mol. The number of hydrogen-bond donors (Lipinski definition) is 4. The number of aromatic carboxylic acids is 4. The van der Waals surface area contributed by atoms with Crippen LogP contribution in [0.3, 0.4) is 0 Å². The third-order valence-corrected chi connectivity index (χ3v) is 18.9. The Labute approximate surface area is 440 Å². The predicted molar refractivity (Wildman–Crippen MR) is 285 cm³/mol. The molecule has 5 unspecified atom stereocenters. The summed E-state index contributed by atoms with van der Waals surface area (Å²) in [6.07, 6.45) is 19.1. The molecule has 10 nitrogen and oxygen atoms in total. The summed E-state index contributed by atoms with van der Waals surface area (Å²) in [6.45, 7) is 12.0. The van der Waals surface area contributed by atoms with Crippen molar-refractivity contribution in [3.05, 3.63) is 133 Å². The molecule has 4 aliphatic carbocycles. The minimum atomic E-state index is -1.33. The van der Waals surface area contributed by atoms with Crippen LogP contribution in [0.5, 0.6) is 11.5 Å². The summed E-state index contributed by atoms with van der Waals surface area (Å²) < 4.78 is 11.9. The van der Waals surface area contributed by atoms with Crippen LogP contribution in [0, 0.1) is 58.2 Å². The number of ether oxygens (including phenoxy) is 2. The van der Waals surface area contributed by atoms with Gasteiger partial charge in [0.25, 0.3) is 0 Å². The van der Waals surface area contributed by atoms with Gasteiger partial charge in [0.05, 0.1) is 21.2 Å². The Bertz CT molecular complexity index is 2610. The predicted octanol–water partition coefficient (Wildman–Crippen LogP) is 15.9. The van der Waals surface area contributed by atoms with Crippen molar-refractivity contribution in [1.82, 2.24) is 0 Å². The molecule has 4 aromatic rings. The van der Waals surface area contributed by atoms with Crippen LogP contribution in [-0.2, 0) is 13.2 Å². The molecule has 390 valence electrons. The van der Waals surface area contributed by atoms with Gasteiger partial charge in [0, 0.05) is 11.1 Å². The van der Waals surface area contributed by atoms with Crippen LogP contribution in [-0.4, -0.2) is 44.3 Å². The fraction of sp³-hybridized carbons (Fsp3) is 0.508. The van der Waals surface area contributed by atoms with E-state index in [0.717, 1.165) is 48.3 Å². The Morgan fingerprint density at radius 1 is 0.644 bits per heavy atom. The zero-order chi connectivity index (χ0) is 52.4. The fourth-order valence-electron chi connectivity index (χ4n) is 14.6. The molecule has 0 bridgehead atoms. The molecule has 4 aromatic carbocycles. The van der Waals surface area contributed by atoms with Crippen LogP contribution in [0.4, 0.5) is 0 Å². The lowest BCUT2D eigenvalue weighted by molar-refractivity contribution is -0.121. The molecule has 4 fully saturated rings. The first-order valence-electron chi connectivity index (χ1n) is 26.5. The van der Waals surface area contributed by atoms with E-state index in [4.69, 9.17) is 32.7 Å². The molecule has 0 saturated heterocycles. The smallest absolute Gasteiger partial charge is 0.339 e. The largest absolute Gasteiger partial charge is 0.486 e. The van der Waals surface area contributed by atoms with E-state index >= 15 is 0 Å². The van der Waals surface area contributed by atoms with Crippen LogP contribution in [0.15, 0.2) is 78.9 Å². The van der Waals surface area contributed by atoms with Gasteiger partial charge in [-0.3, -0.25) is 0 Å². The van der Waals surface area contributed by atoms with Gasteiger partial charge in [-0.2, -0.15) is 0 Å². The number of carbonyl (C=O) groups is 4. The number of halogens is 2. The van der Waals surface area contributed by atoms with Gasteiger partial charge in [-0.1, -0.05) is 120 Å². The van der Waals surface area contributed by atoms with Crippen LogP contribution in [0.2, 0.25) is 10.0 Å². The van der Waals surface area contributed by atoms with Gasteiger partial charge in [0.2, 0.25) is 0 Å². The van der Waals surface area contributed by atoms with Gasteiger partial charge in [0.1, 0.15) is 24.3 Å². The number of rotatable bonds is 20. The van der Waals surface area contributed by atoms with E-state index in [1.807, 2.05) is 6.08 Å². The lowest BCUT2D eigenvalue weighted by Gasteiger charge is -2.61. The Hall–Kier alpha value is -5.32. The number of allylic oxidation sites excluding steroid dienone is 1. The average molecular weight is 1040 g/mol. The SMILES string of the molecule is CC(C)CCCC(C)[C@H]1CCC2C3CCC4C[C@@H](CCC=C(c5cc(Cl)c(OCc6ccccc6C(=O)O)c(C(=O)O)c5)c5cc(Cl)c(OCc6ccccc6C(=O)O)c(C(=O)O)c5)CC[C@]4(C)C3CC[C@@]21C. The van der Waals surface area contributed by atoms with E-state index in [9.17, 15) is 39.6 Å². The van der Waals surface area contributed by atoms with E-state index in [1.165, 1.54) is 94.9 Å². The highest BCUT2D eigenvalue weighted by molar-refractivity contribution is 6.33. The average Bonchev–Trinajstić information content (AvgIpc) is 3.71. The minimum Gasteiger partial charge on any atom is -0.486 e. The highest BCUT2D eigenvalue weighted by atomic mass is 35.5. The number of benzene rings is 4. The second-order valence-corrected chi connectivity index (χ2v) is 23.6. The Morgan fingerprint density at radius 3 is 1.70 bits per heavy atom. The lowest BCUT2D eigenvalue weighted by atomic mass is 9.44. The van der Waals surface area contributed by atoms with Gasteiger partial charge >= 0.3 is 23.9 Å². The third-order valence-electron chi connectivity index (χ3n) is 18.3. The molecule has 12 heteroatoms. The van der Waals surface area contributed by atoms with Crippen molar-refractivity contribution in [3.8, 4) is 11.5 Å². The van der Waals surface area contributed by atoms with E-state index < -0.39 is 23.9 Å². The van der Waals surface area contributed by atoms with Crippen molar-refractivity contribution in [2.75, 3.05) is 0 Å². The maximum absolute atomic E-state index is 13.0. The van der Waals surface area contributed by atoms with Crippen LogP contribution < -0.4 is 9.47 Å². The Kier molecular flexibility index (Phi) is 16.7. The van der Waals surface area contributed by atoms with Crippen LogP contribution in [0.25, 0.3) is 5.57 Å². The second kappa shape index (κ2) is 22.7. The highest BCUT2D eigenvalue weighted by Gasteiger charge is 2.60. The van der Waals surface area contributed by atoms with Crippen molar-refractivity contribution in [3.63, 3.8) is 0 Å². The van der Waals surface area contributed by atoms with Gasteiger partial charge in [-0.05, 0) is 182 Å². The summed E-state index contributed by atoms with van der Waals surface area (Å²) >= 11 is 13.8. The van der Waals surface area contributed by atoms with E-state index in [1.54, 1.807) is 48.5 Å². The molecule has 0 amide bonds. The van der Waals surface area contributed by atoms with Gasteiger partial charge in [-0.25, -0.2) is 19.2 Å². The first kappa shape index (κ1) is 54.0. The standard InChI is InChI=1S/C61H72Cl2O10/c1-35(2)12-10-13-36(3)49-22-23-50-46-21-20-42-28-37(24-26-60(42,4)51(46)25-27-61(49,50)5)14-11-19-43(40-29-47(58(68)69)54(52(62)31-40)72-33-38-15-6-8-17-44(38)56(64)65)41-30-48(59(70)71)55(53(63)32-41)73-34-39-16-7-9-18-45(39)57(66)67/h6-9,15-19,29-32,35-37,42,46,49-51H,10-14,20-28,33-34H2,1-5H3,(H,64,65)(H,66,67)(H,68,69)(H,70,71)/t36?,37-,42?,46?,49+,50?,51?,60-,61+/m0/s1. The molecule has 0 spiro atoms. The molecule has 4 saturated carbocycles. The summed E-state index contributed by atoms with van der Waals surface area (Å²) in [7, 11) is 0. The van der Waals surface area contributed by atoms with Crippen molar-refractivity contribution >= 4 is 52.7 Å². The number of hydrogen-bond acceptors (Lipinski definition) is 6.